The molecule has 1 heteroatoms. The Morgan fingerprint density at radius 2 is 2.00 bits per heavy atom. The Labute approximate surface area is 64.2 Å². The number of hydrogen-bond donors (Lipinski definition) is 1. The van der Waals surface area contributed by atoms with Crippen LogP contribution in [-0.2, 0) is 0 Å². The van der Waals surface area contributed by atoms with E-state index >= 15 is 0 Å². The smallest absolute Gasteiger partial charge is 0.00958 e. The van der Waals surface area contributed by atoms with Crippen molar-refractivity contribution >= 4 is 0 Å². The largest absolute Gasteiger partial charge is 0.313 e. The normalized spacial score (nSPS) is 31.5. The van der Waals surface area contributed by atoms with Gasteiger partial charge in [0.25, 0.3) is 0 Å². The molecule has 10 heavy (non-hydrogen) atoms. The molecule has 0 aromatic carbocycles. The topological polar surface area (TPSA) is 12.0 Å². The van der Waals surface area contributed by atoms with Gasteiger partial charge in [-0.25, -0.2) is 0 Å². The molecule has 0 saturated carbocycles. The first-order valence-electron chi connectivity index (χ1n) is 4.25. The summed E-state index contributed by atoms with van der Waals surface area (Å²) in [6.45, 7) is 10.4. The van der Waals surface area contributed by atoms with Gasteiger partial charge in [0.15, 0.2) is 0 Å². The van der Waals surface area contributed by atoms with E-state index in [0.717, 1.165) is 12.0 Å². The Morgan fingerprint density at radius 1 is 1.40 bits per heavy atom. The summed E-state index contributed by atoms with van der Waals surface area (Å²) in [6, 6.07) is 0.759. The summed E-state index contributed by atoms with van der Waals surface area (Å²) in [4.78, 5) is 0. The summed E-state index contributed by atoms with van der Waals surface area (Å²) in [5.41, 5.74) is 0.537. The minimum atomic E-state index is 0.537. The van der Waals surface area contributed by atoms with Crippen molar-refractivity contribution < 1.29 is 0 Å². The second kappa shape index (κ2) is 2.54. The van der Waals surface area contributed by atoms with Crippen LogP contribution in [0.4, 0.5) is 0 Å². The Hall–Kier alpha value is -0.0400. The third kappa shape index (κ3) is 1.72. The van der Waals surface area contributed by atoms with E-state index in [4.69, 9.17) is 0 Å². The van der Waals surface area contributed by atoms with E-state index in [1.54, 1.807) is 0 Å². The van der Waals surface area contributed by atoms with Gasteiger partial charge < -0.3 is 5.32 Å². The second-order valence-electron chi connectivity index (χ2n) is 4.60. The van der Waals surface area contributed by atoms with E-state index in [1.165, 1.54) is 13.0 Å². The molecule has 0 radical (unpaired) electrons. The van der Waals surface area contributed by atoms with Gasteiger partial charge in [-0.2, -0.15) is 0 Å². The molecule has 1 aliphatic heterocycles. The standard InChI is InChI=1S/C9H19N/c1-7(2)8-5-9(3,4)6-10-8/h7-8,10H,5-6H2,1-4H3/t8-/m0/s1. The van der Waals surface area contributed by atoms with Crippen LogP contribution in [0.5, 0.6) is 0 Å². The Bertz CT molecular complexity index is 116. The summed E-state index contributed by atoms with van der Waals surface area (Å²) < 4.78 is 0. The van der Waals surface area contributed by atoms with Crippen molar-refractivity contribution in [1.82, 2.24) is 5.32 Å². The van der Waals surface area contributed by atoms with Crippen molar-refractivity contribution in [2.45, 2.75) is 40.2 Å². The summed E-state index contributed by atoms with van der Waals surface area (Å²) in [6.07, 6.45) is 1.34. The molecule has 1 nitrogen and oxygen atoms in total. The van der Waals surface area contributed by atoms with E-state index in [9.17, 15) is 0 Å². The van der Waals surface area contributed by atoms with Crippen LogP contribution >= 0.6 is 0 Å². The van der Waals surface area contributed by atoms with Crippen LogP contribution in [-0.4, -0.2) is 12.6 Å². The molecule has 1 fully saturated rings. The van der Waals surface area contributed by atoms with Crippen LogP contribution in [0.15, 0.2) is 0 Å². The molecule has 60 valence electrons. The predicted molar refractivity (Wildman–Crippen MR) is 45.0 cm³/mol. The fraction of sp³-hybridized carbons (Fsp3) is 1.00. The number of nitrogens with one attached hydrogen (secondary N) is 1. The highest BCUT2D eigenvalue weighted by molar-refractivity contribution is 4.88. The van der Waals surface area contributed by atoms with Crippen LogP contribution in [0.3, 0.4) is 0 Å². The Kier molecular flexibility index (Phi) is 2.04. The van der Waals surface area contributed by atoms with Gasteiger partial charge in [-0.15, -0.1) is 0 Å². The zero-order valence-electron chi connectivity index (χ0n) is 7.57. The SMILES string of the molecule is CC(C)[C@@H]1CC(C)(C)CN1. The van der Waals surface area contributed by atoms with Crippen LogP contribution in [0.25, 0.3) is 0 Å². The molecule has 1 heterocycles. The van der Waals surface area contributed by atoms with Crippen molar-refractivity contribution in [3.63, 3.8) is 0 Å². The molecule has 0 aromatic heterocycles. The molecule has 0 unspecified atom stereocenters. The summed E-state index contributed by atoms with van der Waals surface area (Å²) in [5.74, 6) is 0.793. The van der Waals surface area contributed by atoms with Gasteiger partial charge in [0.1, 0.15) is 0 Å². The maximum Gasteiger partial charge on any atom is 0.00958 e. The maximum absolute atomic E-state index is 3.55. The van der Waals surface area contributed by atoms with Gasteiger partial charge >= 0.3 is 0 Å². The molecule has 0 amide bonds. The summed E-state index contributed by atoms with van der Waals surface area (Å²) in [5, 5.41) is 3.55. The maximum atomic E-state index is 3.55. The second-order valence-corrected chi connectivity index (χ2v) is 4.60. The number of rotatable bonds is 1. The average molecular weight is 141 g/mol. The summed E-state index contributed by atoms with van der Waals surface area (Å²) >= 11 is 0. The molecule has 1 saturated heterocycles. The lowest BCUT2D eigenvalue weighted by Crippen LogP contribution is -2.26. The quantitative estimate of drug-likeness (QED) is 0.589. The van der Waals surface area contributed by atoms with Crippen molar-refractivity contribution in [2.24, 2.45) is 11.3 Å². The van der Waals surface area contributed by atoms with Gasteiger partial charge in [0.2, 0.25) is 0 Å². The van der Waals surface area contributed by atoms with Crippen LogP contribution in [0.2, 0.25) is 0 Å². The van der Waals surface area contributed by atoms with Crippen molar-refractivity contribution in [3.05, 3.63) is 0 Å². The molecule has 0 spiro atoms. The molecular formula is C9H19N. The van der Waals surface area contributed by atoms with Gasteiger partial charge in [-0.1, -0.05) is 27.7 Å². The average Bonchev–Trinajstić information content (AvgIpc) is 2.10. The lowest BCUT2D eigenvalue weighted by atomic mass is 9.88. The molecule has 1 rings (SSSR count). The van der Waals surface area contributed by atoms with E-state index in [2.05, 4.69) is 33.0 Å². The fourth-order valence-electron chi connectivity index (χ4n) is 1.62. The van der Waals surface area contributed by atoms with Gasteiger partial charge in [-0.3, -0.25) is 0 Å². The molecule has 1 atom stereocenters. The van der Waals surface area contributed by atoms with E-state index < -0.39 is 0 Å². The van der Waals surface area contributed by atoms with Crippen molar-refractivity contribution in [3.8, 4) is 0 Å². The van der Waals surface area contributed by atoms with Crippen LogP contribution in [0, 0.1) is 11.3 Å². The molecule has 0 aliphatic carbocycles. The Morgan fingerprint density at radius 3 is 2.20 bits per heavy atom. The number of hydrogen-bond acceptors (Lipinski definition) is 1. The Balaban J connectivity index is 2.43. The van der Waals surface area contributed by atoms with E-state index in [-0.39, 0.29) is 0 Å². The van der Waals surface area contributed by atoms with Gasteiger partial charge in [0.05, 0.1) is 0 Å². The summed E-state index contributed by atoms with van der Waals surface area (Å²) in [7, 11) is 0. The third-order valence-electron chi connectivity index (χ3n) is 2.42. The predicted octanol–water partition coefficient (Wildman–Crippen LogP) is 2.03. The van der Waals surface area contributed by atoms with Crippen LogP contribution in [0.1, 0.15) is 34.1 Å². The highest BCUT2D eigenvalue weighted by atomic mass is 15.0. The highest BCUT2D eigenvalue weighted by Gasteiger charge is 2.31. The van der Waals surface area contributed by atoms with Crippen LogP contribution < -0.4 is 5.32 Å². The zero-order chi connectivity index (χ0) is 7.78. The first-order chi connectivity index (χ1) is 4.51. The molecular weight excluding hydrogens is 122 g/mol. The minimum Gasteiger partial charge on any atom is -0.313 e. The minimum absolute atomic E-state index is 0.537. The molecule has 1 aliphatic rings. The molecule has 1 N–H and O–H groups in total. The molecule has 0 bridgehead atoms. The molecule has 0 aromatic rings. The van der Waals surface area contributed by atoms with Gasteiger partial charge in [-0.05, 0) is 17.8 Å². The monoisotopic (exact) mass is 141 g/mol. The van der Waals surface area contributed by atoms with E-state index in [1.807, 2.05) is 0 Å². The lowest BCUT2D eigenvalue weighted by Gasteiger charge is -2.17. The lowest BCUT2D eigenvalue weighted by molar-refractivity contribution is 0.375. The first-order valence-corrected chi connectivity index (χ1v) is 4.25. The first kappa shape index (κ1) is 8.06. The van der Waals surface area contributed by atoms with Crippen molar-refractivity contribution in [2.75, 3.05) is 6.54 Å². The third-order valence-corrected chi connectivity index (χ3v) is 2.42. The van der Waals surface area contributed by atoms with E-state index in [0.29, 0.717) is 5.41 Å². The highest BCUT2D eigenvalue weighted by Crippen LogP contribution is 2.29. The zero-order valence-corrected chi connectivity index (χ0v) is 7.57. The fourth-order valence-corrected chi connectivity index (χ4v) is 1.62. The van der Waals surface area contributed by atoms with Gasteiger partial charge in [0, 0.05) is 12.6 Å². The van der Waals surface area contributed by atoms with Crippen molar-refractivity contribution in [1.29, 1.82) is 0 Å².